The normalized spacial score (nSPS) is 10.1. The van der Waals surface area contributed by atoms with Gasteiger partial charge in [-0.25, -0.2) is 4.98 Å². The van der Waals surface area contributed by atoms with Crippen molar-refractivity contribution in [3.63, 3.8) is 0 Å². The number of carbonyl (C=O) groups excluding carboxylic acids is 2. The highest BCUT2D eigenvalue weighted by molar-refractivity contribution is 5.94. The summed E-state index contributed by atoms with van der Waals surface area (Å²) in [5.41, 5.74) is 0.475. The molecule has 1 aromatic rings. The summed E-state index contributed by atoms with van der Waals surface area (Å²) in [5, 5.41) is 8.31. The fourth-order valence-electron chi connectivity index (χ4n) is 1.46. The minimum Gasteiger partial charge on any atom is -0.373 e. The molecule has 0 atom stereocenters. The Morgan fingerprint density at radius 3 is 2.58 bits per heavy atom. The topological polar surface area (TPSA) is 83.1 Å². The molecule has 0 aromatic carbocycles. The Morgan fingerprint density at radius 2 is 2.05 bits per heavy atom. The average molecular weight is 264 g/mol. The molecule has 0 aliphatic carbocycles. The lowest BCUT2D eigenvalue weighted by molar-refractivity contribution is -0.121. The van der Waals surface area contributed by atoms with Crippen molar-refractivity contribution in [2.75, 3.05) is 18.9 Å². The maximum Gasteiger partial charge on any atom is 0.252 e. The molecule has 1 heterocycles. The predicted molar refractivity (Wildman–Crippen MR) is 74.0 cm³/mol. The summed E-state index contributed by atoms with van der Waals surface area (Å²) in [4.78, 5) is 27.2. The van der Waals surface area contributed by atoms with Crippen LogP contribution in [-0.4, -0.2) is 36.4 Å². The molecule has 1 rings (SSSR count). The van der Waals surface area contributed by atoms with Gasteiger partial charge in [0.05, 0.1) is 5.56 Å². The fourth-order valence-corrected chi connectivity index (χ4v) is 1.46. The van der Waals surface area contributed by atoms with Gasteiger partial charge in [0.1, 0.15) is 5.82 Å². The quantitative estimate of drug-likeness (QED) is 0.708. The molecule has 6 heteroatoms. The predicted octanol–water partition coefficient (Wildman–Crippen LogP) is 0.768. The number of pyridine rings is 1. The average Bonchev–Trinajstić information content (AvgIpc) is 2.37. The Kier molecular flexibility index (Phi) is 5.78. The summed E-state index contributed by atoms with van der Waals surface area (Å²) in [7, 11) is 1.76. The molecule has 0 spiro atoms. The van der Waals surface area contributed by atoms with Gasteiger partial charge in [0.15, 0.2) is 0 Å². The van der Waals surface area contributed by atoms with Crippen molar-refractivity contribution in [2.24, 2.45) is 0 Å². The summed E-state index contributed by atoms with van der Waals surface area (Å²) < 4.78 is 0. The summed E-state index contributed by atoms with van der Waals surface area (Å²) in [6, 6.07) is 3.52. The van der Waals surface area contributed by atoms with E-state index in [1.54, 1.807) is 19.2 Å². The highest BCUT2D eigenvalue weighted by Crippen LogP contribution is 2.03. The van der Waals surface area contributed by atoms with Gasteiger partial charge in [-0.05, 0) is 26.0 Å². The standard InChI is InChI=1S/C13H20N4O2/c1-9(2)17-12(18)6-7-15-13(19)10-4-5-11(14-3)16-8-10/h4-5,8-9H,6-7H2,1-3H3,(H,14,16)(H,15,19)(H,17,18). The maximum atomic E-state index is 11.7. The molecule has 3 N–H and O–H groups in total. The number of hydrogen-bond acceptors (Lipinski definition) is 4. The molecule has 2 amide bonds. The molecule has 6 nitrogen and oxygen atoms in total. The van der Waals surface area contributed by atoms with Crippen LogP contribution in [0.25, 0.3) is 0 Å². The molecule has 0 saturated heterocycles. The molecular weight excluding hydrogens is 244 g/mol. The van der Waals surface area contributed by atoms with E-state index in [4.69, 9.17) is 0 Å². The second-order valence-corrected chi connectivity index (χ2v) is 4.41. The zero-order chi connectivity index (χ0) is 14.3. The lowest BCUT2D eigenvalue weighted by Crippen LogP contribution is -2.34. The van der Waals surface area contributed by atoms with E-state index in [-0.39, 0.29) is 24.3 Å². The van der Waals surface area contributed by atoms with Crippen molar-refractivity contribution in [3.05, 3.63) is 23.9 Å². The van der Waals surface area contributed by atoms with Crippen molar-refractivity contribution in [3.8, 4) is 0 Å². The van der Waals surface area contributed by atoms with E-state index in [9.17, 15) is 9.59 Å². The van der Waals surface area contributed by atoms with Crippen LogP contribution in [0.5, 0.6) is 0 Å². The van der Waals surface area contributed by atoms with Gasteiger partial charge >= 0.3 is 0 Å². The van der Waals surface area contributed by atoms with E-state index in [0.29, 0.717) is 17.9 Å². The molecule has 1 aromatic heterocycles. The highest BCUT2D eigenvalue weighted by Gasteiger charge is 2.07. The first-order valence-electron chi connectivity index (χ1n) is 6.24. The summed E-state index contributed by atoms with van der Waals surface area (Å²) >= 11 is 0. The van der Waals surface area contributed by atoms with Crippen LogP contribution in [0, 0.1) is 0 Å². The molecule has 0 aliphatic rings. The Morgan fingerprint density at radius 1 is 1.32 bits per heavy atom. The minimum absolute atomic E-state index is 0.0704. The summed E-state index contributed by atoms with van der Waals surface area (Å²) in [6.07, 6.45) is 1.77. The van der Waals surface area contributed by atoms with Crippen molar-refractivity contribution in [2.45, 2.75) is 26.3 Å². The SMILES string of the molecule is CNc1ccc(C(=O)NCCC(=O)NC(C)C)cn1. The number of nitrogens with zero attached hydrogens (tertiary/aromatic N) is 1. The van der Waals surface area contributed by atoms with Gasteiger partial charge in [0.25, 0.3) is 5.91 Å². The number of nitrogens with one attached hydrogen (secondary N) is 3. The molecule has 0 unspecified atom stereocenters. The van der Waals surface area contributed by atoms with Crippen LogP contribution in [-0.2, 0) is 4.79 Å². The molecule has 0 radical (unpaired) electrons. The van der Waals surface area contributed by atoms with Crippen LogP contribution in [0.15, 0.2) is 18.3 Å². The summed E-state index contributed by atoms with van der Waals surface area (Å²) in [5.74, 6) is 0.402. The van der Waals surface area contributed by atoms with Crippen molar-refractivity contribution in [1.82, 2.24) is 15.6 Å². The molecule has 0 aliphatic heterocycles. The Hall–Kier alpha value is -2.11. The van der Waals surface area contributed by atoms with Gasteiger partial charge < -0.3 is 16.0 Å². The van der Waals surface area contributed by atoms with Gasteiger partial charge in [-0.1, -0.05) is 0 Å². The van der Waals surface area contributed by atoms with Crippen molar-refractivity contribution >= 4 is 17.6 Å². The fraction of sp³-hybridized carbons (Fsp3) is 0.462. The van der Waals surface area contributed by atoms with Gasteiger partial charge in [0.2, 0.25) is 5.91 Å². The van der Waals surface area contributed by atoms with E-state index in [1.807, 2.05) is 13.8 Å². The highest BCUT2D eigenvalue weighted by atomic mass is 16.2. The molecule has 0 saturated carbocycles. The van der Waals surface area contributed by atoms with E-state index >= 15 is 0 Å². The third-order valence-electron chi connectivity index (χ3n) is 2.37. The first-order chi connectivity index (χ1) is 9.02. The Labute approximate surface area is 113 Å². The van der Waals surface area contributed by atoms with Crippen LogP contribution >= 0.6 is 0 Å². The number of anilines is 1. The molecule has 19 heavy (non-hydrogen) atoms. The van der Waals surface area contributed by atoms with Crippen molar-refractivity contribution < 1.29 is 9.59 Å². The van der Waals surface area contributed by atoms with Gasteiger partial charge in [0, 0.05) is 32.3 Å². The molecule has 104 valence electrons. The third-order valence-corrected chi connectivity index (χ3v) is 2.37. The Bertz CT molecular complexity index is 429. The number of aromatic nitrogens is 1. The van der Waals surface area contributed by atoms with E-state index < -0.39 is 0 Å². The lowest BCUT2D eigenvalue weighted by Gasteiger charge is -2.09. The number of carbonyl (C=O) groups is 2. The largest absolute Gasteiger partial charge is 0.373 e. The third kappa shape index (κ3) is 5.37. The van der Waals surface area contributed by atoms with E-state index in [1.165, 1.54) is 6.20 Å². The number of rotatable bonds is 6. The first-order valence-corrected chi connectivity index (χ1v) is 6.24. The second kappa shape index (κ2) is 7.35. The Balaban J connectivity index is 2.36. The zero-order valence-corrected chi connectivity index (χ0v) is 11.5. The monoisotopic (exact) mass is 264 g/mol. The van der Waals surface area contributed by atoms with Crippen LogP contribution < -0.4 is 16.0 Å². The first kappa shape index (κ1) is 14.9. The van der Waals surface area contributed by atoms with Crippen LogP contribution in [0.1, 0.15) is 30.6 Å². The maximum absolute atomic E-state index is 11.7. The second-order valence-electron chi connectivity index (χ2n) is 4.41. The van der Waals surface area contributed by atoms with Gasteiger partial charge in [-0.2, -0.15) is 0 Å². The van der Waals surface area contributed by atoms with Crippen LogP contribution in [0.3, 0.4) is 0 Å². The number of amides is 2. The van der Waals surface area contributed by atoms with Crippen LogP contribution in [0.4, 0.5) is 5.82 Å². The summed E-state index contributed by atoms with van der Waals surface area (Å²) in [6.45, 7) is 4.10. The molecule has 0 fully saturated rings. The number of hydrogen-bond donors (Lipinski definition) is 3. The van der Waals surface area contributed by atoms with Gasteiger partial charge in [-0.15, -0.1) is 0 Å². The van der Waals surface area contributed by atoms with Crippen LogP contribution in [0.2, 0.25) is 0 Å². The van der Waals surface area contributed by atoms with E-state index in [0.717, 1.165) is 0 Å². The lowest BCUT2D eigenvalue weighted by atomic mass is 10.2. The van der Waals surface area contributed by atoms with Crippen molar-refractivity contribution in [1.29, 1.82) is 0 Å². The zero-order valence-electron chi connectivity index (χ0n) is 11.5. The van der Waals surface area contributed by atoms with E-state index in [2.05, 4.69) is 20.9 Å². The smallest absolute Gasteiger partial charge is 0.252 e. The minimum atomic E-state index is -0.229. The molecule has 0 bridgehead atoms. The molecular formula is C13H20N4O2. The van der Waals surface area contributed by atoms with Gasteiger partial charge in [-0.3, -0.25) is 9.59 Å².